The third kappa shape index (κ3) is 4.74. The fourth-order valence-electron chi connectivity index (χ4n) is 3.36. The third-order valence-electron chi connectivity index (χ3n) is 5.00. The molecule has 158 valence electrons. The fraction of sp³-hybridized carbons (Fsp3) is 0.304. The number of carboxylic acids is 1. The van der Waals surface area contributed by atoms with Gasteiger partial charge in [-0.15, -0.1) is 0 Å². The second-order valence-electron chi connectivity index (χ2n) is 7.11. The summed E-state index contributed by atoms with van der Waals surface area (Å²) in [5, 5.41) is 12.2. The quantitative estimate of drug-likeness (QED) is 0.720. The van der Waals surface area contributed by atoms with Crippen LogP contribution in [-0.4, -0.2) is 31.1 Å². The summed E-state index contributed by atoms with van der Waals surface area (Å²) in [6.45, 7) is 2.00. The van der Waals surface area contributed by atoms with Crippen LogP contribution in [0.5, 0.6) is 11.5 Å². The van der Waals surface area contributed by atoms with Crippen LogP contribution in [0.25, 0.3) is 5.70 Å². The number of aryl methyl sites for hydroxylation is 1. The first kappa shape index (κ1) is 21.2. The van der Waals surface area contributed by atoms with E-state index in [4.69, 9.17) is 9.47 Å². The largest absolute Gasteiger partial charge is 0.550 e. The molecule has 0 unspecified atom stereocenters. The standard InChI is InChI=1S/C23H26N2O5/c1-15-7-9-16(10-8-15)19-14-18(17-11-12-20(29-2)21(13-17)30-3)24-25(19)22(26)5-4-6-23(27)28/h7-14,19,24H,4-6H2,1-3H3,(H,27,28)/p-1/t19-/m1/s1. The predicted octanol–water partition coefficient (Wildman–Crippen LogP) is 2.36. The van der Waals surface area contributed by atoms with Crippen LogP contribution in [-0.2, 0) is 9.59 Å². The van der Waals surface area contributed by atoms with E-state index in [1.165, 1.54) is 0 Å². The average Bonchev–Trinajstić information content (AvgIpc) is 3.19. The monoisotopic (exact) mass is 409 g/mol. The second-order valence-corrected chi connectivity index (χ2v) is 7.11. The van der Waals surface area contributed by atoms with E-state index in [2.05, 4.69) is 5.43 Å². The maximum Gasteiger partial charge on any atom is 0.241 e. The van der Waals surface area contributed by atoms with Crippen molar-refractivity contribution >= 4 is 17.6 Å². The van der Waals surface area contributed by atoms with E-state index in [1.807, 2.05) is 55.5 Å². The van der Waals surface area contributed by atoms with Gasteiger partial charge >= 0.3 is 0 Å². The van der Waals surface area contributed by atoms with Crippen molar-refractivity contribution in [2.45, 2.75) is 32.2 Å². The molecule has 0 spiro atoms. The number of benzene rings is 2. The van der Waals surface area contributed by atoms with Gasteiger partial charge in [0.05, 0.1) is 26.0 Å². The summed E-state index contributed by atoms with van der Waals surface area (Å²) in [7, 11) is 3.14. The summed E-state index contributed by atoms with van der Waals surface area (Å²) in [4.78, 5) is 23.5. The Kier molecular flexibility index (Phi) is 6.61. The topological polar surface area (TPSA) is 90.9 Å². The Hall–Kier alpha value is -3.48. The zero-order chi connectivity index (χ0) is 21.7. The van der Waals surface area contributed by atoms with Crippen LogP contribution in [0.2, 0.25) is 0 Å². The van der Waals surface area contributed by atoms with Crippen molar-refractivity contribution in [2.75, 3.05) is 14.2 Å². The highest BCUT2D eigenvalue weighted by atomic mass is 16.5. The first-order valence-electron chi connectivity index (χ1n) is 9.72. The van der Waals surface area contributed by atoms with Gasteiger partial charge in [-0.1, -0.05) is 29.8 Å². The number of methoxy groups -OCH3 is 2. The van der Waals surface area contributed by atoms with Crippen molar-refractivity contribution in [3.8, 4) is 11.5 Å². The van der Waals surface area contributed by atoms with Gasteiger partial charge in [0.15, 0.2) is 11.5 Å². The molecular weight excluding hydrogens is 384 g/mol. The molecule has 1 aliphatic heterocycles. The summed E-state index contributed by atoms with van der Waals surface area (Å²) in [6.07, 6.45) is 2.16. The van der Waals surface area contributed by atoms with Crippen LogP contribution in [0.1, 0.15) is 42.0 Å². The molecule has 2 aromatic rings. The molecule has 0 aromatic heterocycles. The maximum absolute atomic E-state index is 12.8. The minimum atomic E-state index is -1.16. The molecule has 1 atom stereocenters. The van der Waals surface area contributed by atoms with Gasteiger partial charge < -0.3 is 19.4 Å². The van der Waals surface area contributed by atoms with Crippen LogP contribution < -0.4 is 20.0 Å². The van der Waals surface area contributed by atoms with E-state index >= 15 is 0 Å². The van der Waals surface area contributed by atoms with Crippen LogP contribution >= 0.6 is 0 Å². The number of hydrazine groups is 1. The molecular formula is C23H25N2O5-. The Morgan fingerprint density at radius 1 is 1.03 bits per heavy atom. The molecule has 0 saturated heterocycles. The van der Waals surface area contributed by atoms with E-state index in [9.17, 15) is 14.7 Å². The molecule has 30 heavy (non-hydrogen) atoms. The lowest BCUT2D eigenvalue weighted by atomic mass is 10.0. The van der Waals surface area contributed by atoms with Gasteiger partial charge in [-0.3, -0.25) is 10.2 Å². The summed E-state index contributed by atoms with van der Waals surface area (Å²) in [5.74, 6) is -0.140. The molecule has 0 aliphatic carbocycles. The van der Waals surface area contributed by atoms with Gasteiger partial charge in [-0.2, -0.15) is 0 Å². The van der Waals surface area contributed by atoms with Crippen molar-refractivity contribution in [1.82, 2.24) is 10.4 Å². The Labute approximate surface area is 175 Å². The molecule has 1 heterocycles. The van der Waals surface area contributed by atoms with Crippen LogP contribution in [0, 0.1) is 6.92 Å². The predicted molar refractivity (Wildman–Crippen MR) is 110 cm³/mol. The number of nitrogens with one attached hydrogen (secondary N) is 1. The summed E-state index contributed by atoms with van der Waals surface area (Å²) in [6, 6.07) is 13.2. The first-order chi connectivity index (χ1) is 14.4. The number of nitrogens with zero attached hydrogens (tertiary/aromatic N) is 1. The zero-order valence-corrected chi connectivity index (χ0v) is 17.3. The number of carbonyl (C=O) groups excluding carboxylic acids is 2. The smallest absolute Gasteiger partial charge is 0.241 e. The third-order valence-corrected chi connectivity index (χ3v) is 5.00. The first-order valence-corrected chi connectivity index (χ1v) is 9.72. The number of amides is 1. The van der Waals surface area contributed by atoms with Gasteiger partial charge in [0.2, 0.25) is 5.91 Å². The molecule has 0 bridgehead atoms. The van der Waals surface area contributed by atoms with Crippen molar-refractivity contribution < 1.29 is 24.2 Å². The number of carboxylic acid groups (broad SMARTS) is 1. The highest BCUT2D eigenvalue weighted by molar-refractivity contribution is 5.81. The fourth-order valence-corrected chi connectivity index (χ4v) is 3.36. The summed E-state index contributed by atoms with van der Waals surface area (Å²) < 4.78 is 10.7. The van der Waals surface area contributed by atoms with E-state index < -0.39 is 5.97 Å². The maximum atomic E-state index is 12.8. The number of rotatable bonds is 8. The van der Waals surface area contributed by atoms with Crippen molar-refractivity contribution in [3.05, 3.63) is 65.2 Å². The molecule has 7 heteroatoms. The Morgan fingerprint density at radius 2 is 1.73 bits per heavy atom. The average molecular weight is 409 g/mol. The number of carbonyl (C=O) groups is 2. The van der Waals surface area contributed by atoms with Crippen LogP contribution in [0.3, 0.4) is 0 Å². The van der Waals surface area contributed by atoms with Crippen molar-refractivity contribution in [3.63, 3.8) is 0 Å². The van der Waals surface area contributed by atoms with Gasteiger partial charge in [0, 0.05) is 18.0 Å². The molecule has 0 fully saturated rings. The molecule has 7 nitrogen and oxygen atoms in total. The molecule has 1 aliphatic rings. The second kappa shape index (κ2) is 9.35. The van der Waals surface area contributed by atoms with Crippen molar-refractivity contribution in [2.24, 2.45) is 0 Å². The van der Waals surface area contributed by atoms with Gasteiger partial charge in [-0.25, -0.2) is 5.01 Å². The molecule has 3 rings (SSSR count). The number of hydrogen-bond acceptors (Lipinski definition) is 6. The van der Waals surface area contributed by atoms with E-state index in [-0.39, 0.29) is 31.2 Å². The highest BCUT2D eigenvalue weighted by Gasteiger charge is 2.30. The molecule has 2 aromatic carbocycles. The summed E-state index contributed by atoms with van der Waals surface area (Å²) in [5.41, 5.74) is 6.87. The minimum absolute atomic E-state index is 0.108. The normalized spacial score (nSPS) is 15.4. The minimum Gasteiger partial charge on any atom is -0.550 e. The Bertz CT molecular complexity index is 953. The van der Waals surface area contributed by atoms with Crippen LogP contribution in [0.15, 0.2) is 48.5 Å². The Morgan fingerprint density at radius 3 is 2.37 bits per heavy atom. The number of hydrogen-bond donors (Lipinski definition) is 1. The van der Waals surface area contributed by atoms with Crippen molar-refractivity contribution in [1.29, 1.82) is 0 Å². The lowest BCUT2D eigenvalue weighted by Crippen LogP contribution is -2.39. The Balaban J connectivity index is 1.89. The molecule has 0 radical (unpaired) electrons. The van der Waals surface area contributed by atoms with Crippen LogP contribution in [0.4, 0.5) is 0 Å². The van der Waals surface area contributed by atoms with E-state index in [0.717, 1.165) is 22.4 Å². The number of ether oxygens (including phenoxy) is 2. The van der Waals surface area contributed by atoms with Gasteiger partial charge in [-0.05, 0) is 49.6 Å². The van der Waals surface area contributed by atoms with E-state index in [0.29, 0.717) is 11.5 Å². The lowest BCUT2D eigenvalue weighted by molar-refractivity contribution is -0.305. The lowest BCUT2D eigenvalue weighted by Gasteiger charge is -2.26. The van der Waals surface area contributed by atoms with Gasteiger partial charge in [0.25, 0.3) is 0 Å². The molecule has 0 saturated carbocycles. The molecule has 1 N–H and O–H groups in total. The molecule has 1 amide bonds. The van der Waals surface area contributed by atoms with Gasteiger partial charge in [0.1, 0.15) is 0 Å². The number of aliphatic carboxylic acids is 1. The SMILES string of the molecule is COc1ccc(C2=C[C@H](c3ccc(C)cc3)N(C(=O)CCCC(=O)[O-])N2)cc1OC. The zero-order valence-electron chi connectivity index (χ0n) is 17.3. The highest BCUT2D eigenvalue weighted by Crippen LogP contribution is 2.35. The van der Waals surface area contributed by atoms with E-state index in [1.54, 1.807) is 19.2 Å². The summed E-state index contributed by atoms with van der Waals surface area (Å²) >= 11 is 0.